The average molecular weight is 425 g/mol. The molecule has 0 N–H and O–H groups in total. The minimum atomic E-state index is 0.177. The second kappa shape index (κ2) is 11.4. The molecule has 6 heteroatoms. The van der Waals surface area contributed by atoms with Crippen LogP contribution in [0.2, 0.25) is 0 Å². The average Bonchev–Trinajstić information content (AvgIpc) is 2.82. The van der Waals surface area contributed by atoms with Gasteiger partial charge in [0, 0.05) is 39.1 Å². The molecule has 0 spiro atoms. The van der Waals surface area contributed by atoms with Gasteiger partial charge in [-0.2, -0.15) is 0 Å². The van der Waals surface area contributed by atoms with Crippen LogP contribution in [0.4, 0.5) is 0 Å². The molecule has 1 heterocycles. The molecular weight excluding hydrogens is 392 g/mol. The summed E-state index contributed by atoms with van der Waals surface area (Å²) in [6.07, 6.45) is 5.38. The highest BCUT2D eigenvalue weighted by Gasteiger charge is 2.22. The zero-order chi connectivity index (χ0) is 22.1. The van der Waals surface area contributed by atoms with E-state index in [1.54, 1.807) is 21.3 Å². The van der Waals surface area contributed by atoms with Crippen LogP contribution in [0.5, 0.6) is 17.2 Å². The zero-order valence-electron chi connectivity index (χ0n) is 18.7. The van der Waals surface area contributed by atoms with Crippen LogP contribution >= 0.6 is 0 Å². The smallest absolute Gasteiger partial charge is 0.222 e. The Kier molecular flexibility index (Phi) is 8.35. The van der Waals surface area contributed by atoms with Gasteiger partial charge in [-0.05, 0) is 23.6 Å². The Morgan fingerprint density at radius 1 is 0.903 bits per heavy atom. The largest absolute Gasteiger partial charge is 0.493 e. The van der Waals surface area contributed by atoms with Crippen molar-refractivity contribution in [2.45, 2.75) is 12.8 Å². The molecule has 2 aromatic carbocycles. The van der Waals surface area contributed by atoms with Crippen LogP contribution < -0.4 is 14.2 Å². The normalized spacial score (nSPS) is 14.6. The van der Waals surface area contributed by atoms with Crippen LogP contribution in [-0.4, -0.2) is 69.8 Å². The molecule has 1 saturated heterocycles. The molecule has 0 bridgehead atoms. The minimum absolute atomic E-state index is 0.177. The van der Waals surface area contributed by atoms with Crippen molar-refractivity contribution in [3.8, 4) is 17.2 Å². The summed E-state index contributed by atoms with van der Waals surface area (Å²) < 4.78 is 16.3. The van der Waals surface area contributed by atoms with Gasteiger partial charge in [0.05, 0.1) is 21.3 Å². The van der Waals surface area contributed by atoms with Gasteiger partial charge in [-0.15, -0.1) is 0 Å². The molecule has 0 aliphatic carbocycles. The second-order valence-corrected chi connectivity index (χ2v) is 7.49. The topological polar surface area (TPSA) is 51.2 Å². The van der Waals surface area contributed by atoms with Crippen LogP contribution in [0.15, 0.2) is 48.5 Å². The molecule has 0 aromatic heterocycles. The Morgan fingerprint density at radius 3 is 2.26 bits per heavy atom. The summed E-state index contributed by atoms with van der Waals surface area (Å²) in [6, 6.07) is 14.1. The van der Waals surface area contributed by atoms with E-state index in [2.05, 4.69) is 29.2 Å². The van der Waals surface area contributed by atoms with Gasteiger partial charge < -0.3 is 19.1 Å². The maximum atomic E-state index is 12.8. The molecule has 1 fully saturated rings. The van der Waals surface area contributed by atoms with Crippen LogP contribution in [0, 0.1) is 0 Å². The Morgan fingerprint density at radius 2 is 1.61 bits per heavy atom. The van der Waals surface area contributed by atoms with E-state index in [4.69, 9.17) is 14.2 Å². The summed E-state index contributed by atoms with van der Waals surface area (Å²) in [5.41, 5.74) is 2.15. The summed E-state index contributed by atoms with van der Waals surface area (Å²) in [7, 11) is 4.79. The highest BCUT2D eigenvalue weighted by molar-refractivity contribution is 5.77. The maximum absolute atomic E-state index is 12.8. The zero-order valence-corrected chi connectivity index (χ0v) is 18.7. The van der Waals surface area contributed by atoms with Crippen molar-refractivity contribution in [2.75, 3.05) is 54.1 Å². The van der Waals surface area contributed by atoms with E-state index in [1.165, 1.54) is 5.56 Å². The van der Waals surface area contributed by atoms with Crippen LogP contribution in [0.25, 0.3) is 6.08 Å². The Bertz CT molecular complexity index is 875. The van der Waals surface area contributed by atoms with Crippen LogP contribution in [0.3, 0.4) is 0 Å². The molecule has 0 radical (unpaired) electrons. The van der Waals surface area contributed by atoms with E-state index in [9.17, 15) is 4.79 Å². The SMILES string of the molecule is COc1ccc(CCC(=O)N2CCN(C/C=C/c3ccccc3)CC2)c(OC)c1OC. The van der Waals surface area contributed by atoms with Gasteiger partial charge >= 0.3 is 0 Å². The highest BCUT2D eigenvalue weighted by Crippen LogP contribution is 2.40. The van der Waals surface area contributed by atoms with Crippen molar-refractivity contribution in [3.05, 3.63) is 59.7 Å². The van der Waals surface area contributed by atoms with Gasteiger partial charge in [-0.1, -0.05) is 48.6 Å². The number of ether oxygens (including phenoxy) is 3. The number of piperazine rings is 1. The molecular formula is C25H32N2O4. The number of carbonyl (C=O) groups is 1. The lowest BCUT2D eigenvalue weighted by molar-refractivity contribution is -0.132. The summed E-state index contributed by atoms with van der Waals surface area (Å²) in [4.78, 5) is 17.1. The van der Waals surface area contributed by atoms with Gasteiger partial charge in [0.15, 0.2) is 11.5 Å². The maximum Gasteiger partial charge on any atom is 0.222 e. The number of hydrogen-bond donors (Lipinski definition) is 0. The van der Waals surface area contributed by atoms with E-state index in [1.807, 2.05) is 35.2 Å². The number of carbonyl (C=O) groups excluding carboxylic acids is 1. The van der Waals surface area contributed by atoms with E-state index in [0.717, 1.165) is 38.3 Å². The second-order valence-electron chi connectivity index (χ2n) is 7.49. The third-order valence-electron chi connectivity index (χ3n) is 5.59. The standard InChI is InChI=1S/C25H32N2O4/c1-29-22-13-11-21(24(30-2)25(22)31-3)12-14-23(28)27-18-16-26(17-19-27)15-7-10-20-8-5-4-6-9-20/h4-11,13H,12,14-19H2,1-3H3/b10-7+. The summed E-state index contributed by atoms with van der Waals surface area (Å²) in [6.45, 7) is 4.22. The molecule has 0 unspecified atom stereocenters. The number of nitrogens with zero attached hydrogens (tertiary/aromatic N) is 2. The van der Waals surface area contributed by atoms with Crippen LogP contribution in [-0.2, 0) is 11.2 Å². The summed E-state index contributed by atoms with van der Waals surface area (Å²) in [5.74, 6) is 1.99. The molecule has 6 nitrogen and oxygen atoms in total. The first-order valence-electron chi connectivity index (χ1n) is 10.7. The van der Waals surface area contributed by atoms with E-state index in [0.29, 0.717) is 30.1 Å². The summed E-state index contributed by atoms with van der Waals surface area (Å²) in [5, 5.41) is 0. The predicted molar refractivity (Wildman–Crippen MR) is 123 cm³/mol. The summed E-state index contributed by atoms with van der Waals surface area (Å²) >= 11 is 0. The van der Waals surface area contributed by atoms with Gasteiger partial charge in [-0.25, -0.2) is 0 Å². The van der Waals surface area contributed by atoms with Crippen molar-refractivity contribution >= 4 is 12.0 Å². The first kappa shape index (κ1) is 22.7. The van der Waals surface area contributed by atoms with E-state index in [-0.39, 0.29) is 5.91 Å². The fourth-order valence-corrected chi connectivity index (χ4v) is 3.84. The van der Waals surface area contributed by atoms with Crippen molar-refractivity contribution < 1.29 is 19.0 Å². The Hall–Kier alpha value is -2.99. The third-order valence-corrected chi connectivity index (χ3v) is 5.59. The molecule has 1 amide bonds. The van der Waals surface area contributed by atoms with Crippen molar-refractivity contribution in [1.29, 1.82) is 0 Å². The number of rotatable bonds is 9. The Balaban J connectivity index is 1.48. The predicted octanol–water partition coefficient (Wildman–Crippen LogP) is 3.50. The molecule has 31 heavy (non-hydrogen) atoms. The molecule has 2 aromatic rings. The third kappa shape index (κ3) is 6.01. The van der Waals surface area contributed by atoms with Gasteiger partial charge in [-0.3, -0.25) is 9.69 Å². The lowest BCUT2D eigenvalue weighted by atomic mass is 10.1. The minimum Gasteiger partial charge on any atom is -0.493 e. The molecule has 0 atom stereocenters. The molecule has 3 rings (SSSR count). The molecule has 0 saturated carbocycles. The first-order valence-corrected chi connectivity index (χ1v) is 10.7. The molecule has 166 valence electrons. The number of aryl methyl sites for hydroxylation is 1. The fourth-order valence-electron chi connectivity index (χ4n) is 3.84. The highest BCUT2D eigenvalue weighted by atomic mass is 16.5. The van der Waals surface area contributed by atoms with E-state index >= 15 is 0 Å². The van der Waals surface area contributed by atoms with Crippen molar-refractivity contribution in [1.82, 2.24) is 9.80 Å². The van der Waals surface area contributed by atoms with Gasteiger partial charge in [0.1, 0.15) is 0 Å². The lowest BCUT2D eigenvalue weighted by Crippen LogP contribution is -2.48. The fraction of sp³-hybridized carbons (Fsp3) is 0.400. The number of amides is 1. The lowest BCUT2D eigenvalue weighted by Gasteiger charge is -2.34. The van der Waals surface area contributed by atoms with Gasteiger partial charge in [0.2, 0.25) is 11.7 Å². The van der Waals surface area contributed by atoms with Crippen molar-refractivity contribution in [3.63, 3.8) is 0 Å². The van der Waals surface area contributed by atoms with Gasteiger partial charge in [0.25, 0.3) is 0 Å². The number of benzene rings is 2. The molecule has 1 aliphatic rings. The number of hydrogen-bond acceptors (Lipinski definition) is 5. The quantitative estimate of drug-likeness (QED) is 0.617. The van der Waals surface area contributed by atoms with Crippen LogP contribution in [0.1, 0.15) is 17.5 Å². The first-order chi connectivity index (χ1) is 15.2. The number of methoxy groups -OCH3 is 3. The van der Waals surface area contributed by atoms with Crippen molar-refractivity contribution in [2.24, 2.45) is 0 Å². The van der Waals surface area contributed by atoms with E-state index < -0.39 is 0 Å². The molecule has 1 aliphatic heterocycles. The monoisotopic (exact) mass is 424 g/mol. The Labute approximate surface area is 185 Å².